The summed E-state index contributed by atoms with van der Waals surface area (Å²) >= 11 is 7.46. The summed E-state index contributed by atoms with van der Waals surface area (Å²) in [5.41, 5.74) is 0. The van der Waals surface area contributed by atoms with Crippen molar-refractivity contribution in [2.75, 3.05) is 5.75 Å². The number of aliphatic hydroxyl groups excluding tert-OH is 1. The Kier molecular flexibility index (Phi) is 6.15. The smallest absolute Gasteiger partial charge is 0.0634 e. The highest BCUT2D eigenvalue weighted by Gasteiger charge is 2.04. The number of benzene rings is 1. The van der Waals surface area contributed by atoms with E-state index in [4.69, 9.17) is 11.6 Å². The average molecular weight is 245 g/mol. The van der Waals surface area contributed by atoms with E-state index >= 15 is 0 Å². The number of halogens is 1. The van der Waals surface area contributed by atoms with Crippen LogP contribution in [0.2, 0.25) is 5.02 Å². The number of thioether (sulfide) groups is 1. The summed E-state index contributed by atoms with van der Waals surface area (Å²) in [6, 6.07) is 7.73. The quantitative estimate of drug-likeness (QED) is 0.764. The lowest BCUT2D eigenvalue weighted by molar-refractivity contribution is 0.186. The summed E-state index contributed by atoms with van der Waals surface area (Å²) in [7, 11) is 0. The molecule has 1 aromatic rings. The van der Waals surface area contributed by atoms with E-state index in [0.717, 1.165) is 34.9 Å². The Morgan fingerprint density at radius 2 is 2.00 bits per heavy atom. The van der Waals surface area contributed by atoms with Gasteiger partial charge < -0.3 is 5.11 Å². The SMILES string of the molecule is CCCCC(O)CSc1ccc(Cl)cc1. The molecular formula is C12H17ClOS. The molecule has 0 amide bonds. The monoisotopic (exact) mass is 244 g/mol. The van der Waals surface area contributed by atoms with Gasteiger partial charge in [0, 0.05) is 15.7 Å². The average Bonchev–Trinajstić information content (AvgIpc) is 2.25. The van der Waals surface area contributed by atoms with Crippen LogP contribution in [-0.4, -0.2) is 17.0 Å². The van der Waals surface area contributed by atoms with Gasteiger partial charge in [0.2, 0.25) is 0 Å². The summed E-state index contributed by atoms with van der Waals surface area (Å²) in [5, 5.41) is 10.4. The van der Waals surface area contributed by atoms with Crippen LogP contribution in [0, 0.1) is 0 Å². The molecule has 1 rings (SSSR count). The molecule has 1 unspecified atom stereocenters. The van der Waals surface area contributed by atoms with Crippen LogP contribution in [-0.2, 0) is 0 Å². The Morgan fingerprint density at radius 1 is 1.33 bits per heavy atom. The second kappa shape index (κ2) is 7.15. The van der Waals surface area contributed by atoms with Crippen molar-refractivity contribution >= 4 is 23.4 Å². The maximum atomic E-state index is 9.65. The Bertz CT molecular complexity index is 273. The molecule has 0 bridgehead atoms. The minimum absolute atomic E-state index is 0.189. The molecule has 84 valence electrons. The minimum Gasteiger partial charge on any atom is -0.392 e. The molecule has 0 aliphatic carbocycles. The Labute approximate surface area is 101 Å². The number of rotatable bonds is 6. The summed E-state index contributed by atoms with van der Waals surface area (Å²) in [5.74, 6) is 0.766. The Hall–Kier alpha value is -0.180. The third kappa shape index (κ3) is 5.45. The fraction of sp³-hybridized carbons (Fsp3) is 0.500. The fourth-order valence-corrected chi connectivity index (χ4v) is 2.25. The van der Waals surface area contributed by atoms with Crippen LogP contribution in [0.15, 0.2) is 29.2 Å². The van der Waals surface area contributed by atoms with Gasteiger partial charge in [-0.1, -0.05) is 31.4 Å². The first-order valence-electron chi connectivity index (χ1n) is 5.28. The van der Waals surface area contributed by atoms with Crippen molar-refractivity contribution in [1.29, 1.82) is 0 Å². The number of hydrogen-bond donors (Lipinski definition) is 1. The van der Waals surface area contributed by atoms with Crippen molar-refractivity contribution < 1.29 is 5.11 Å². The van der Waals surface area contributed by atoms with E-state index in [1.165, 1.54) is 0 Å². The zero-order valence-corrected chi connectivity index (χ0v) is 10.5. The van der Waals surface area contributed by atoms with Gasteiger partial charge in [0.15, 0.2) is 0 Å². The van der Waals surface area contributed by atoms with Crippen LogP contribution in [0.1, 0.15) is 26.2 Å². The first kappa shape index (κ1) is 12.9. The highest BCUT2D eigenvalue weighted by Crippen LogP contribution is 2.21. The third-order valence-corrected chi connectivity index (χ3v) is 3.56. The highest BCUT2D eigenvalue weighted by molar-refractivity contribution is 7.99. The molecule has 0 saturated heterocycles. The first-order chi connectivity index (χ1) is 7.22. The van der Waals surface area contributed by atoms with Crippen LogP contribution in [0.4, 0.5) is 0 Å². The van der Waals surface area contributed by atoms with Crippen molar-refractivity contribution in [2.24, 2.45) is 0 Å². The van der Waals surface area contributed by atoms with Crippen molar-refractivity contribution in [3.05, 3.63) is 29.3 Å². The lowest BCUT2D eigenvalue weighted by atomic mass is 10.2. The van der Waals surface area contributed by atoms with Gasteiger partial charge in [-0.2, -0.15) is 0 Å². The second-order valence-electron chi connectivity index (χ2n) is 3.56. The normalized spacial score (nSPS) is 12.7. The summed E-state index contributed by atoms with van der Waals surface area (Å²) in [6.45, 7) is 2.14. The molecule has 1 N–H and O–H groups in total. The molecule has 0 aliphatic heterocycles. The molecule has 1 nitrogen and oxygen atoms in total. The predicted octanol–water partition coefficient (Wildman–Crippen LogP) is 3.98. The largest absolute Gasteiger partial charge is 0.392 e. The van der Waals surface area contributed by atoms with Crippen molar-refractivity contribution in [1.82, 2.24) is 0 Å². The highest BCUT2D eigenvalue weighted by atomic mass is 35.5. The number of hydrogen-bond acceptors (Lipinski definition) is 2. The van der Waals surface area contributed by atoms with E-state index in [1.54, 1.807) is 11.8 Å². The van der Waals surface area contributed by atoms with Gasteiger partial charge in [0.05, 0.1) is 6.10 Å². The van der Waals surface area contributed by atoms with E-state index in [9.17, 15) is 5.11 Å². The maximum absolute atomic E-state index is 9.65. The molecule has 0 heterocycles. The first-order valence-corrected chi connectivity index (χ1v) is 6.65. The van der Waals surface area contributed by atoms with Crippen LogP contribution >= 0.6 is 23.4 Å². The third-order valence-electron chi connectivity index (χ3n) is 2.15. The van der Waals surface area contributed by atoms with Crippen LogP contribution < -0.4 is 0 Å². The van der Waals surface area contributed by atoms with E-state index in [-0.39, 0.29) is 6.10 Å². The van der Waals surface area contributed by atoms with E-state index in [2.05, 4.69) is 6.92 Å². The molecule has 0 spiro atoms. The van der Waals surface area contributed by atoms with Crippen LogP contribution in [0.3, 0.4) is 0 Å². The maximum Gasteiger partial charge on any atom is 0.0634 e. The van der Waals surface area contributed by atoms with Crippen LogP contribution in [0.5, 0.6) is 0 Å². The molecule has 3 heteroatoms. The van der Waals surface area contributed by atoms with Crippen molar-refractivity contribution in [3.63, 3.8) is 0 Å². The molecule has 0 aliphatic rings. The Morgan fingerprint density at radius 3 is 2.60 bits per heavy atom. The van der Waals surface area contributed by atoms with Gasteiger partial charge in [-0.3, -0.25) is 0 Å². The summed E-state index contributed by atoms with van der Waals surface area (Å²) in [6.07, 6.45) is 2.95. The van der Waals surface area contributed by atoms with Gasteiger partial charge in [0.25, 0.3) is 0 Å². The fourth-order valence-electron chi connectivity index (χ4n) is 1.25. The molecular weight excluding hydrogens is 228 g/mol. The molecule has 1 aromatic carbocycles. The summed E-state index contributed by atoms with van der Waals surface area (Å²) in [4.78, 5) is 1.16. The van der Waals surface area contributed by atoms with Crippen LogP contribution in [0.25, 0.3) is 0 Å². The molecule has 0 fully saturated rings. The topological polar surface area (TPSA) is 20.2 Å². The van der Waals surface area contributed by atoms with E-state index < -0.39 is 0 Å². The van der Waals surface area contributed by atoms with E-state index in [0.29, 0.717) is 0 Å². The van der Waals surface area contributed by atoms with Gasteiger partial charge in [-0.25, -0.2) is 0 Å². The molecule has 1 atom stereocenters. The van der Waals surface area contributed by atoms with Crippen molar-refractivity contribution in [3.8, 4) is 0 Å². The minimum atomic E-state index is -0.189. The summed E-state index contributed by atoms with van der Waals surface area (Å²) < 4.78 is 0. The predicted molar refractivity (Wildman–Crippen MR) is 67.7 cm³/mol. The zero-order chi connectivity index (χ0) is 11.1. The standard InChI is InChI=1S/C12H17ClOS/c1-2-3-4-11(14)9-15-12-7-5-10(13)6-8-12/h5-8,11,14H,2-4,9H2,1H3. The van der Waals surface area contributed by atoms with Gasteiger partial charge in [0.1, 0.15) is 0 Å². The zero-order valence-electron chi connectivity index (χ0n) is 8.95. The molecule has 0 saturated carbocycles. The van der Waals surface area contributed by atoms with Crippen molar-refractivity contribution in [2.45, 2.75) is 37.2 Å². The second-order valence-corrected chi connectivity index (χ2v) is 5.09. The van der Waals surface area contributed by atoms with Gasteiger partial charge in [-0.15, -0.1) is 11.8 Å². The lowest BCUT2D eigenvalue weighted by Crippen LogP contribution is -2.09. The Balaban J connectivity index is 2.27. The number of unbranched alkanes of at least 4 members (excludes halogenated alkanes) is 1. The van der Waals surface area contributed by atoms with Gasteiger partial charge >= 0.3 is 0 Å². The molecule has 15 heavy (non-hydrogen) atoms. The molecule has 0 radical (unpaired) electrons. The number of aliphatic hydroxyl groups is 1. The molecule has 0 aromatic heterocycles. The lowest BCUT2D eigenvalue weighted by Gasteiger charge is -2.09. The van der Waals surface area contributed by atoms with E-state index in [1.807, 2.05) is 24.3 Å². The van der Waals surface area contributed by atoms with Gasteiger partial charge in [-0.05, 0) is 30.7 Å².